The lowest BCUT2D eigenvalue weighted by atomic mass is 10.1. The molecule has 1 amide bonds. The molecule has 7 nitrogen and oxygen atoms in total. The number of rotatable bonds is 5. The van der Waals surface area contributed by atoms with E-state index in [2.05, 4.69) is 20.5 Å². The zero-order chi connectivity index (χ0) is 19.1. The molecule has 27 heavy (non-hydrogen) atoms. The van der Waals surface area contributed by atoms with Gasteiger partial charge in [0, 0.05) is 10.8 Å². The third-order valence-corrected chi connectivity index (χ3v) is 7.18. The topological polar surface area (TPSA) is 89.8 Å². The number of fused-ring (bicyclic) bond motifs is 3. The summed E-state index contributed by atoms with van der Waals surface area (Å²) in [5.74, 6) is -0.0101. The van der Waals surface area contributed by atoms with Crippen LogP contribution in [0.25, 0.3) is 10.2 Å². The number of nitrogens with zero attached hydrogens (tertiary/aromatic N) is 4. The Kier molecular flexibility index (Phi) is 4.81. The van der Waals surface area contributed by atoms with Gasteiger partial charge < -0.3 is 0 Å². The van der Waals surface area contributed by atoms with Crippen LogP contribution >= 0.6 is 22.7 Å². The van der Waals surface area contributed by atoms with Crippen molar-refractivity contribution >= 4 is 43.9 Å². The number of hydrogen-bond acceptors (Lipinski definition) is 7. The lowest BCUT2D eigenvalue weighted by molar-refractivity contribution is -0.119. The first-order chi connectivity index (χ1) is 13.0. The Hall–Kier alpha value is -2.13. The molecule has 1 unspecified atom stereocenters. The van der Waals surface area contributed by atoms with Crippen LogP contribution in [0.4, 0.5) is 5.13 Å². The first-order valence-electron chi connectivity index (χ1n) is 9.15. The van der Waals surface area contributed by atoms with Crippen LogP contribution < -0.4 is 10.9 Å². The van der Waals surface area contributed by atoms with Crippen LogP contribution in [0.5, 0.6) is 0 Å². The number of carbonyl (C=O) groups is 1. The summed E-state index contributed by atoms with van der Waals surface area (Å²) < 4.78 is 1.47. The largest absolute Gasteiger partial charge is 0.299 e. The minimum atomic E-state index is -0.627. The maximum atomic E-state index is 13.1. The second-order valence-electron chi connectivity index (χ2n) is 7.01. The van der Waals surface area contributed by atoms with Crippen molar-refractivity contribution in [1.82, 2.24) is 19.7 Å². The fourth-order valence-corrected chi connectivity index (χ4v) is 5.40. The summed E-state index contributed by atoms with van der Waals surface area (Å²) in [6.07, 6.45) is 5.01. The highest BCUT2D eigenvalue weighted by Crippen LogP contribution is 2.34. The summed E-state index contributed by atoms with van der Waals surface area (Å²) in [7, 11) is 0. The van der Waals surface area contributed by atoms with Gasteiger partial charge in [0.15, 0.2) is 0 Å². The summed E-state index contributed by atoms with van der Waals surface area (Å²) in [5.41, 5.74) is 1.00. The summed E-state index contributed by atoms with van der Waals surface area (Å²) >= 11 is 2.96. The van der Waals surface area contributed by atoms with Crippen molar-refractivity contribution in [2.45, 2.75) is 58.4 Å². The number of nitrogens with one attached hydrogen (secondary N) is 1. The highest BCUT2D eigenvalue weighted by Gasteiger charge is 2.26. The summed E-state index contributed by atoms with van der Waals surface area (Å²) in [6, 6.07) is -0.627. The first-order valence-corrected chi connectivity index (χ1v) is 10.8. The van der Waals surface area contributed by atoms with E-state index >= 15 is 0 Å². The van der Waals surface area contributed by atoms with Crippen LogP contribution in [0.2, 0.25) is 0 Å². The Balaban J connectivity index is 1.66. The zero-order valence-corrected chi connectivity index (χ0v) is 17.1. The molecule has 0 aliphatic heterocycles. The number of carbonyl (C=O) groups excluding carboxylic acids is 1. The average molecular weight is 404 g/mol. The highest BCUT2D eigenvalue weighted by molar-refractivity contribution is 7.18. The van der Waals surface area contributed by atoms with E-state index in [4.69, 9.17) is 0 Å². The van der Waals surface area contributed by atoms with E-state index < -0.39 is 6.04 Å². The van der Waals surface area contributed by atoms with Crippen molar-refractivity contribution in [2.75, 3.05) is 5.32 Å². The minimum Gasteiger partial charge on any atom is -0.299 e. The molecule has 9 heteroatoms. The molecule has 1 N–H and O–H groups in total. The Morgan fingerprint density at radius 1 is 1.30 bits per heavy atom. The van der Waals surface area contributed by atoms with Crippen molar-refractivity contribution < 1.29 is 4.79 Å². The van der Waals surface area contributed by atoms with Crippen molar-refractivity contribution in [3.8, 4) is 0 Å². The van der Waals surface area contributed by atoms with E-state index in [1.54, 1.807) is 11.3 Å². The number of thiophene rings is 1. The number of hydrogen-bond donors (Lipinski definition) is 1. The van der Waals surface area contributed by atoms with E-state index in [9.17, 15) is 9.59 Å². The smallest absolute Gasteiger partial charge is 0.263 e. The molecule has 3 aromatic heterocycles. The minimum absolute atomic E-state index is 0.124. The lowest BCUT2D eigenvalue weighted by Crippen LogP contribution is -2.33. The molecule has 1 atom stereocenters. The fraction of sp³-hybridized carbons (Fsp3) is 0.500. The van der Waals surface area contributed by atoms with E-state index in [0.29, 0.717) is 16.9 Å². The van der Waals surface area contributed by atoms with Gasteiger partial charge in [-0.1, -0.05) is 32.1 Å². The van der Waals surface area contributed by atoms with Crippen molar-refractivity contribution in [3.05, 3.63) is 32.1 Å². The Labute approximate surface area is 164 Å². The summed E-state index contributed by atoms with van der Waals surface area (Å²) in [4.78, 5) is 32.5. The van der Waals surface area contributed by atoms with Crippen LogP contribution in [-0.2, 0) is 17.6 Å². The molecule has 1 aliphatic carbocycles. The van der Waals surface area contributed by atoms with E-state index in [0.717, 1.165) is 34.7 Å². The molecule has 142 valence electrons. The van der Waals surface area contributed by atoms with Gasteiger partial charge in [-0.05, 0) is 31.2 Å². The van der Waals surface area contributed by atoms with E-state index in [1.165, 1.54) is 27.1 Å². The molecular formula is C18H21N5O2S2. The van der Waals surface area contributed by atoms with Gasteiger partial charge in [-0.3, -0.25) is 19.5 Å². The summed E-state index contributed by atoms with van der Waals surface area (Å²) in [5, 5.41) is 13.0. The molecule has 0 radical (unpaired) electrons. The first kappa shape index (κ1) is 18.2. The van der Waals surface area contributed by atoms with E-state index in [1.807, 2.05) is 20.8 Å². The Morgan fingerprint density at radius 2 is 2.11 bits per heavy atom. The Bertz CT molecular complexity index is 1070. The average Bonchev–Trinajstić information content (AvgIpc) is 3.32. The van der Waals surface area contributed by atoms with Crippen LogP contribution in [0.15, 0.2) is 11.1 Å². The van der Waals surface area contributed by atoms with E-state index in [-0.39, 0.29) is 17.4 Å². The summed E-state index contributed by atoms with van der Waals surface area (Å²) in [6.45, 7) is 5.94. The van der Waals surface area contributed by atoms with Crippen LogP contribution in [0.1, 0.15) is 61.0 Å². The standard InChI is InChI=1S/C18H21N5O2S2/c1-4-11(14(24)20-18-22-21-15(27-18)9(2)3)23-8-19-16-13(17(23)25)10-6-5-7-12(10)26-16/h8-9,11H,4-7H2,1-3H3,(H,20,22,24). The second kappa shape index (κ2) is 7.12. The van der Waals surface area contributed by atoms with Gasteiger partial charge in [0.25, 0.3) is 5.56 Å². The third kappa shape index (κ3) is 3.19. The molecule has 0 saturated heterocycles. The number of amides is 1. The predicted molar refractivity (Wildman–Crippen MR) is 108 cm³/mol. The highest BCUT2D eigenvalue weighted by atomic mass is 32.1. The number of anilines is 1. The molecule has 3 heterocycles. The van der Waals surface area contributed by atoms with Gasteiger partial charge >= 0.3 is 0 Å². The van der Waals surface area contributed by atoms with Gasteiger partial charge in [-0.15, -0.1) is 21.5 Å². The van der Waals surface area contributed by atoms with Crippen molar-refractivity contribution in [3.63, 3.8) is 0 Å². The molecule has 0 bridgehead atoms. The predicted octanol–water partition coefficient (Wildman–Crippen LogP) is 3.51. The van der Waals surface area contributed by atoms with Gasteiger partial charge in [0.2, 0.25) is 11.0 Å². The molecule has 0 spiro atoms. The molecule has 3 aromatic rings. The second-order valence-corrected chi connectivity index (χ2v) is 9.10. The van der Waals surface area contributed by atoms with Gasteiger partial charge in [0.05, 0.1) is 11.7 Å². The van der Waals surface area contributed by atoms with Gasteiger partial charge in [-0.2, -0.15) is 0 Å². The van der Waals surface area contributed by atoms with Crippen molar-refractivity contribution in [2.24, 2.45) is 0 Å². The third-order valence-electron chi connectivity index (χ3n) is 4.84. The molecular weight excluding hydrogens is 382 g/mol. The maximum absolute atomic E-state index is 13.1. The van der Waals surface area contributed by atoms with Gasteiger partial charge in [-0.25, -0.2) is 4.98 Å². The SMILES string of the molecule is CCC(C(=O)Nc1nnc(C(C)C)s1)n1cnc2sc3c(c2c1=O)CCC3. The monoisotopic (exact) mass is 403 g/mol. The van der Waals surface area contributed by atoms with Crippen molar-refractivity contribution in [1.29, 1.82) is 0 Å². The molecule has 0 fully saturated rings. The lowest BCUT2D eigenvalue weighted by Gasteiger charge is -2.16. The number of aromatic nitrogens is 4. The number of aryl methyl sites for hydroxylation is 2. The maximum Gasteiger partial charge on any atom is 0.263 e. The van der Waals surface area contributed by atoms with Gasteiger partial charge in [0.1, 0.15) is 15.9 Å². The fourth-order valence-electron chi connectivity index (χ4n) is 3.44. The molecule has 0 saturated carbocycles. The van der Waals surface area contributed by atoms with Crippen LogP contribution in [0, 0.1) is 0 Å². The normalized spacial score (nSPS) is 14.7. The molecule has 1 aliphatic rings. The van der Waals surface area contributed by atoms with Crippen LogP contribution in [0.3, 0.4) is 0 Å². The quantitative estimate of drug-likeness (QED) is 0.704. The molecule has 4 rings (SSSR count). The zero-order valence-electron chi connectivity index (χ0n) is 15.5. The molecule has 0 aromatic carbocycles. The Morgan fingerprint density at radius 3 is 2.81 bits per heavy atom. The van der Waals surface area contributed by atoms with Crippen LogP contribution in [-0.4, -0.2) is 25.7 Å².